The molecule has 0 aromatic rings. The van der Waals surface area contributed by atoms with Gasteiger partial charge in [0.05, 0.1) is 12.0 Å². The second kappa shape index (κ2) is 8.85. The molecule has 2 rings (SSSR count). The number of likely N-dealkylation sites (N-methyl/N-ethyl adjacent to an activating group) is 1. The van der Waals surface area contributed by atoms with Gasteiger partial charge in [-0.05, 0) is 32.1 Å². The van der Waals surface area contributed by atoms with E-state index in [1.807, 2.05) is 11.9 Å². The van der Waals surface area contributed by atoms with E-state index in [1.165, 1.54) is 19.3 Å². The van der Waals surface area contributed by atoms with Gasteiger partial charge in [0, 0.05) is 26.2 Å². The first-order valence-corrected chi connectivity index (χ1v) is 7.80. The Balaban J connectivity index is 0.00000200. The molecule has 0 aromatic carbocycles. The van der Waals surface area contributed by atoms with Crippen LogP contribution < -0.4 is 5.73 Å². The summed E-state index contributed by atoms with van der Waals surface area (Å²) in [5, 5.41) is 0. The van der Waals surface area contributed by atoms with Gasteiger partial charge in [-0.15, -0.1) is 12.4 Å². The lowest BCUT2D eigenvalue weighted by Crippen LogP contribution is -2.45. The average molecular weight is 305 g/mol. The SMILES string of the molecule is CN(CC1CCCCO1)C(=O)C1CCCCCC1N.Cl. The van der Waals surface area contributed by atoms with E-state index in [0.29, 0.717) is 0 Å². The molecule has 0 aromatic heterocycles. The van der Waals surface area contributed by atoms with Gasteiger partial charge < -0.3 is 15.4 Å². The number of nitrogens with zero attached hydrogens (tertiary/aromatic N) is 1. The van der Waals surface area contributed by atoms with Crippen molar-refractivity contribution in [2.45, 2.75) is 63.5 Å². The van der Waals surface area contributed by atoms with Crippen LogP contribution in [-0.2, 0) is 9.53 Å². The molecule has 1 saturated heterocycles. The van der Waals surface area contributed by atoms with Crippen molar-refractivity contribution in [2.75, 3.05) is 20.2 Å². The van der Waals surface area contributed by atoms with Gasteiger partial charge >= 0.3 is 0 Å². The highest BCUT2D eigenvalue weighted by Crippen LogP contribution is 2.24. The lowest BCUT2D eigenvalue weighted by molar-refractivity contribution is -0.137. The predicted molar refractivity (Wildman–Crippen MR) is 83.0 cm³/mol. The molecular formula is C15H29ClN2O2. The van der Waals surface area contributed by atoms with Crippen LogP contribution in [0, 0.1) is 5.92 Å². The molecule has 0 radical (unpaired) electrons. The van der Waals surface area contributed by atoms with Crippen molar-refractivity contribution in [3.63, 3.8) is 0 Å². The normalized spacial score (nSPS) is 31.0. The maximum absolute atomic E-state index is 12.5. The van der Waals surface area contributed by atoms with Gasteiger partial charge in [-0.25, -0.2) is 0 Å². The second-order valence-corrected chi connectivity index (χ2v) is 6.12. The molecule has 3 unspecified atom stereocenters. The molecule has 1 aliphatic carbocycles. The third-order valence-electron chi connectivity index (χ3n) is 4.51. The van der Waals surface area contributed by atoms with Crippen molar-refractivity contribution in [3.8, 4) is 0 Å². The summed E-state index contributed by atoms with van der Waals surface area (Å²) >= 11 is 0. The van der Waals surface area contributed by atoms with E-state index in [1.54, 1.807) is 0 Å². The number of nitrogens with two attached hydrogens (primary N) is 1. The molecule has 4 nitrogen and oxygen atoms in total. The van der Waals surface area contributed by atoms with Gasteiger partial charge in [0.1, 0.15) is 0 Å². The molecule has 20 heavy (non-hydrogen) atoms. The van der Waals surface area contributed by atoms with Gasteiger partial charge in [-0.1, -0.05) is 19.3 Å². The smallest absolute Gasteiger partial charge is 0.227 e. The summed E-state index contributed by atoms with van der Waals surface area (Å²) in [4.78, 5) is 14.4. The Kier molecular flexibility index (Phi) is 7.85. The highest BCUT2D eigenvalue weighted by molar-refractivity contribution is 5.85. The van der Waals surface area contributed by atoms with Crippen LogP contribution in [0.4, 0.5) is 0 Å². The Labute approximate surface area is 128 Å². The minimum absolute atomic E-state index is 0. The van der Waals surface area contributed by atoms with Crippen molar-refractivity contribution in [3.05, 3.63) is 0 Å². The van der Waals surface area contributed by atoms with Crippen LogP contribution in [-0.4, -0.2) is 43.2 Å². The quantitative estimate of drug-likeness (QED) is 0.814. The van der Waals surface area contributed by atoms with E-state index in [4.69, 9.17) is 10.5 Å². The molecule has 5 heteroatoms. The van der Waals surface area contributed by atoms with E-state index in [2.05, 4.69) is 0 Å². The summed E-state index contributed by atoms with van der Waals surface area (Å²) in [6, 6.07) is 0.0460. The largest absolute Gasteiger partial charge is 0.376 e. The molecule has 2 aliphatic rings. The lowest BCUT2D eigenvalue weighted by atomic mass is 9.94. The summed E-state index contributed by atoms with van der Waals surface area (Å²) in [5.41, 5.74) is 6.17. The number of halogens is 1. The molecule has 118 valence electrons. The van der Waals surface area contributed by atoms with Gasteiger partial charge in [0.15, 0.2) is 0 Å². The average Bonchev–Trinajstić information content (AvgIpc) is 2.63. The molecule has 2 fully saturated rings. The molecule has 0 bridgehead atoms. The second-order valence-electron chi connectivity index (χ2n) is 6.12. The highest BCUT2D eigenvalue weighted by atomic mass is 35.5. The van der Waals surface area contributed by atoms with E-state index >= 15 is 0 Å². The Morgan fingerprint density at radius 1 is 1.15 bits per heavy atom. The van der Waals surface area contributed by atoms with Crippen molar-refractivity contribution in [1.29, 1.82) is 0 Å². The van der Waals surface area contributed by atoms with Gasteiger partial charge in [0.25, 0.3) is 0 Å². The number of rotatable bonds is 3. The fourth-order valence-electron chi connectivity index (χ4n) is 3.27. The van der Waals surface area contributed by atoms with Crippen LogP contribution >= 0.6 is 12.4 Å². The third kappa shape index (κ3) is 4.90. The number of hydrogen-bond acceptors (Lipinski definition) is 3. The minimum atomic E-state index is 0. The summed E-state index contributed by atoms with van der Waals surface area (Å²) < 4.78 is 5.71. The number of ether oxygens (including phenoxy) is 1. The predicted octanol–water partition coefficient (Wildman–Crippen LogP) is 2.34. The summed E-state index contributed by atoms with van der Waals surface area (Å²) in [6.07, 6.45) is 9.14. The van der Waals surface area contributed by atoms with E-state index in [9.17, 15) is 4.79 Å². The maximum Gasteiger partial charge on any atom is 0.227 e. The van der Waals surface area contributed by atoms with Crippen molar-refractivity contribution < 1.29 is 9.53 Å². The molecule has 1 heterocycles. The number of amides is 1. The van der Waals surface area contributed by atoms with Crippen LogP contribution in [0.15, 0.2) is 0 Å². The van der Waals surface area contributed by atoms with Crippen molar-refractivity contribution >= 4 is 18.3 Å². The topological polar surface area (TPSA) is 55.6 Å². The molecular weight excluding hydrogens is 276 g/mol. The van der Waals surface area contributed by atoms with Crippen molar-refractivity contribution in [2.24, 2.45) is 11.7 Å². The Bertz CT molecular complexity index is 296. The minimum Gasteiger partial charge on any atom is -0.376 e. The lowest BCUT2D eigenvalue weighted by Gasteiger charge is -2.31. The Morgan fingerprint density at radius 2 is 1.85 bits per heavy atom. The molecule has 1 aliphatic heterocycles. The summed E-state index contributed by atoms with van der Waals surface area (Å²) in [6.45, 7) is 1.57. The molecule has 1 amide bonds. The standard InChI is InChI=1S/C15H28N2O2.ClH/c1-17(11-12-7-5-6-10-19-12)15(18)13-8-3-2-4-9-14(13)16;/h12-14H,2-11,16H2,1H3;1H. The fraction of sp³-hybridized carbons (Fsp3) is 0.933. The van der Waals surface area contributed by atoms with E-state index in [0.717, 1.165) is 45.3 Å². The zero-order valence-electron chi connectivity index (χ0n) is 12.6. The maximum atomic E-state index is 12.5. The molecule has 0 spiro atoms. The number of hydrogen-bond donors (Lipinski definition) is 1. The van der Waals surface area contributed by atoms with Crippen molar-refractivity contribution in [1.82, 2.24) is 4.90 Å². The number of carbonyl (C=O) groups excluding carboxylic acids is 1. The van der Waals surface area contributed by atoms with E-state index in [-0.39, 0.29) is 36.4 Å². The molecule has 3 atom stereocenters. The van der Waals surface area contributed by atoms with Gasteiger partial charge in [0.2, 0.25) is 5.91 Å². The first-order chi connectivity index (χ1) is 9.18. The molecule has 2 N–H and O–H groups in total. The first-order valence-electron chi connectivity index (χ1n) is 7.80. The highest BCUT2D eigenvalue weighted by Gasteiger charge is 2.30. The molecule has 1 saturated carbocycles. The van der Waals surface area contributed by atoms with Crippen LogP contribution in [0.2, 0.25) is 0 Å². The zero-order chi connectivity index (χ0) is 13.7. The fourth-order valence-corrected chi connectivity index (χ4v) is 3.27. The number of carbonyl (C=O) groups is 1. The van der Waals surface area contributed by atoms with Gasteiger partial charge in [-0.3, -0.25) is 4.79 Å². The first kappa shape index (κ1) is 17.7. The Morgan fingerprint density at radius 3 is 2.55 bits per heavy atom. The van der Waals surface area contributed by atoms with Gasteiger partial charge in [-0.2, -0.15) is 0 Å². The monoisotopic (exact) mass is 304 g/mol. The van der Waals surface area contributed by atoms with Crippen LogP contribution in [0.25, 0.3) is 0 Å². The van der Waals surface area contributed by atoms with Crippen LogP contribution in [0.3, 0.4) is 0 Å². The zero-order valence-corrected chi connectivity index (χ0v) is 13.4. The Hall–Kier alpha value is -0.320. The summed E-state index contributed by atoms with van der Waals surface area (Å²) in [7, 11) is 1.90. The summed E-state index contributed by atoms with van der Waals surface area (Å²) in [5.74, 6) is 0.250. The third-order valence-corrected chi connectivity index (χ3v) is 4.51. The van der Waals surface area contributed by atoms with Crippen LogP contribution in [0.1, 0.15) is 51.4 Å². The van der Waals surface area contributed by atoms with Crippen LogP contribution in [0.5, 0.6) is 0 Å². The van der Waals surface area contributed by atoms with E-state index < -0.39 is 0 Å².